The van der Waals surface area contributed by atoms with E-state index in [1.807, 2.05) is 0 Å². The van der Waals surface area contributed by atoms with E-state index in [2.05, 4.69) is 20.4 Å². The maximum Gasteiger partial charge on any atom is 0.192 e. The number of nitrogens with zero attached hydrogens (tertiary/aromatic N) is 3. The smallest absolute Gasteiger partial charge is 0.192 e. The summed E-state index contributed by atoms with van der Waals surface area (Å²) in [5, 5.41) is 23.7. The van der Waals surface area contributed by atoms with Crippen molar-refractivity contribution in [1.82, 2.24) is 9.97 Å². The third-order valence-corrected chi connectivity index (χ3v) is 3.20. The van der Waals surface area contributed by atoms with Gasteiger partial charge >= 0.3 is 0 Å². The van der Waals surface area contributed by atoms with Gasteiger partial charge in [-0.1, -0.05) is 5.16 Å². The zero-order valence-corrected chi connectivity index (χ0v) is 9.95. The molecule has 1 aliphatic rings. The summed E-state index contributed by atoms with van der Waals surface area (Å²) >= 11 is 0. The second-order valence-corrected chi connectivity index (χ2v) is 4.51. The lowest BCUT2D eigenvalue weighted by Gasteiger charge is -2.34. The molecule has 18 heavy (non-hydrogen) atoms. The lowest BCUT2D eigenvalue weighted by Crippen LogP contribution is -2.32. The SMILES string of the molecule is N/C(=N\O)c1nccnc1NCC1CC(CO)C1. The topological polar surface area (TPSA) is 117 Å². The minimum absolute atomic E-state index is 0.0626. The fourth-order valence-corrected chi connectivity index (χ4v) is 2.13. The first-order chi connectivity index (χ1) is 8.74. The molecule has 1 saturated carbocycles. The molecule has 7 heteroatoms. The van der Waals surface area contributed by atoms with Crippen LogP contribution in [0, 0.1) is 11.8 Å². The van der Waals surface area contributed by atoms with Gasteiger partial charge in [-0.05, 0) is 24.7 Å². The molecule has 1 fully saturated rings. The molecule has 0 aromatic carbocycles. The standard InChI is InChI=1S/C11H17N5O2/c12-10(16-18)9-11(14-2-1-13-9)15-5-7-3-8(4-7)6-17/h1-2,7-8,17-18H,3-6H2,(H2,12,16)(H,14,15). The molecule has 0 atom stereocenters. The molecule has 7 nitrogen and oxygen atoms in total. The van der Waals surface area contributed by atoms with Gasteiger partial charge in [-0.3, -0.25) is 0 Å². The van der Waals surface area contributed by atoms with Crippen molar-refractivity contribution in [3.05, 3.63) is 18.1 Å². The molecule has 0 unspecified atom stereocenters. The van der Waals surface area contributed by atoms with Crippen molar-refractivity contribution in [2.24, 2.45) is 22.7 Å². The number of rotatable bonds is 5. The number of anilines is 1. The van der Waals surface area contributed by atoms with Gasteiger partial charge in [0, 0.05) is 25.5 Å². The quantitative estimate of drug-likeness (QED) is 0.253. The number of oxime groups is 1. The number of aromatic nitrogens is 2. The molecule has 2 rings (SSSR count). The van der Waals surface area contributed by atoms with Crippen LogP contribution in [0.1, 0.15) is 18.5 Å². The number of aliphatic hydroxyl groups excluding tert-OH is 1. The lowest BCUT2D eigenvalue weighted by molar-refractivity contribution is 0.114. The summed E-state index contributed by atoms with van der Waals surface area (Å²) in [6.45, 7) is 1.01. The first-order valence-corrected chi connectivity index (χ1v) is 5.88. The van der Waals surface area contributed by atoms with Crippen LogP contribution in [0.2, 0.25) is 0 Å². The fourth-order valence-electron chi connectivity index (χ4n) is 2.13. The second-order valence-electron chi connectivity index (χ2n) is 4.51. The molecule has 0 radical (unpaired) electrons. The van der Waals surface area contributed by atoms with E-state index >= 15 is 0 Å². The number of hydrogen-bond acceptors (Lipinski definition) is 6. The lowest BCUT2D eigenvalue weighted by atomic mass is 9.75. The van der Waals surface area contributed by atoms with E-state index < -0.39 is 0 Å². The third kappa shape index (κ3) is 2.67. The van der Waals surface area contributed by atoms with Crippen LogP contribution < -0.4 is 11.1 Å². The Morgan fingerprint density at radius 1 is 1.39 bits per heavy atom. The van der Waals surface area contributed by atoms with Crippen molar-refractivity contribution in [3.63, 3.8) is 0 Å². The predicted octanol–water partition coefficient (Wildman–Crippen LogP) is 0.00150. The van der Waals surface area contributed by atoms with Gasteiger partial charge in [-0.25, -0.2) is 9.97 Å². The van der Waals surface area contributed by atoms with Crippen molar-refractivity contribution < 1.29 is 10.3 Å². The molecule has 5 N–H and O–H groups in total. The van der Waals surface area contributed by atoms with Gasteiger partial charge in [0.2, 0.25) is 0 Å². The molecule has 1 aromatic heterocycles. The molecule has 0 amide bonds. The summed E-state index contributed by atoms with van der Waals surface area (Å²) < 4.78 is 0. The van der Waals surface area contributed by atoms with E-state index in [4.69, 9.17) is 16.0 Å². The van der Waals surface area contributed by atoms with E-state index in [-0.39, 0.29) is 12.4 Å². The first kappa shape index (κ1) is 12.6. The fraction of sp³-hybridized carbons (Fsp3) is 0.545. The van der Waals surface area contributed by atoms with Crippen LogP contribution in [0.15, 0.2) is 17.5 Å². The number of nitrogens with two attached hydrogens (primary N) is 1. The highest BCUT2D eigenvalue weighted by Gasteiger charge is 2.28. The van der Waals surface area contributed by atoms with Gasteiger partial charge in [-0.15, -0.1) is 0 Å². The average Bonchev–Trinajstić information content (AvgIpc) is 2.37. The van der Waals surface area contributed by atoms with E-state index in [0.717, 1.165) is 19.4 Å². The highest BCUT2D eigenvalue weighted by atomic mass is 16.4. The highest BCUT2D eigenvalue weighted by molar-refractivity contribution is 5.99. The van der Waals surface area contributed by atoms with E-state index in [1.54, 1.807) is 6.20 Å². The van der Waals surface area contributed by atoms with E-state index in [0.29, 0.717) is 23.3 Å². The second kappa shape index (κ2) is 5.63. The van der Waals surface area contributed by atoms with Crippen LogP contribution in [0.4, 0.5) is 5.82 Å². The Labute approximate surface area is 105 Å². The number of nitrogens with one attached hydrogen (secondary N) is 1. The van der Waals surface area contributed by atoms with Crippen LogP contribution in [-0.2, 0) is 0 Å². The van der Waals surface area contributed by atoms with Crippen molar-refractivity contribution in [2.75, 3.05) is 18.5 Å². The molecular formula is C11H17N5O2. The molecule has 0 aliphatic heterocycles. The Morgan fingerprint density at radius 3 is 2.78 bits per heavy atom. The Hall–Kier alpha value is -1.89. The van der Waals surface area contributed by atoms with Gasteiger partial charge < -0.3 is 21.4 Å². The largest absolute Gasteiger partial charge is 0.409 e. The predicted molar refractivity (Wildman–Crippen MR) is 66.3 cm³/mol. The normalized spacial score (nSPS) is 23.5. The van der Waals surface area contributed by atoms with Gasteiger partial charge in [-0.2, -0.15) is 0 Å². The zero-order chi connectivity index (χ0) is 13.0. The minimum Gasteiger partial charge on any atom is -0.409 e. The number of aliphatic hydroxyl groups is 1. The van der Waals surface area contributed by atoms with Crippen molar-refractivity contribution in [1.29, 1.82) is 0 Å². The first-order valence-electron chi connectivity index (χ1n) is 5.88. The van der Waals surface area contributed by atoms with Crippen LogP contribution in [-0.4, -0.2) is 39.3 Å². The summed E-state index contributed by atoms with van der Waals surface area (Å²) in [7, 11) is 0. The molecule has 0 saturated heterocycles. The minimum atomic E-state index is -0.0626. The number of amidine groups is 1. The molecule has 0 spiro atoms. The van der Waals surface area contributed by atoms with Crippen LogP contribution in [0.25, 0.3) is 0 Å². The van der Waals surface area contributed by atoms with Crippen LogP contribution in [0.5, 0.6) is 0 Å². The Bertz CT molecular complexity index is 431. The van der Waals surface area contributed by atoms with Crippen molar-refractivity contribution in [3.8, 4) is 0 Å². The van der Waals surface area contributed by atoms with Crippen LogP contribution >= 0.6 is 0 Å². The molecule has 1 heterocycles. The summed E-state index contributed by atoms with van der Waals surface area (Å²) in [5.41, 5.74) is 5.86. The molecular weight excluding hydrogens is 234 g/mol. The Kier molecular flexibility index (Phi) is 3.93. The van der Waals surface area contributed by atoms with Crippen LogP contribution in [0.3, 0.4) is 0 Å². The van der Waals surface area contributed by atoms with Gasteiger partial charge in [0.1, 0.15) is 0 Å². The zero-order valence-electron chi connectivity index (χ0n) is 9.95. The maximum absolute atomic E-state index is 8.94. The monoisotopic (exact) mass is 251 g/mol. The maximum atomic E-state index is 8.94. The molecule has 1 aliphatic carbocycles. The van der Waals surface area contributed by atoms with Crippen molar-refractivity contribution in [2.45, 2.75) is 12.8 Å². The average molecular weight is 251 g/mol. The molecule has 98 valence electrons. The summed E-state index contributed by atoms with van der Waals surface area (Å²) in [5.74, 6) is 1.42. The molecule has 1 aromatic rings. The third-order valence-electron chi connectivity index (χ3n) is 3.20. The van der Waals surface area contributed by atoms with Gasteiger partial charge in [0.25, 0.3) is 0 Å². The number of hydrogen-bond donors (Lipinski definition) is 4. The van der Waals surface area contributed by atoms with E-state index in [1.165, 1.54) is 6.20 Å². The Morgan fingerprint density at radius 2 is 2.11 bits per heavy atom. The van der Waals surface area contributed by atoms with Gasteiger partial charge in [0.15, 0.2) is 17.3 Å². The van der Waals surface area contributed by atoms with Crippen molar-refractivity contribution >= 4 is 11.7 Å². The highest BCUT2D eigenvalue weighted by Crippen LogP contribution is 2.33. The Balaban J connectivity index is 1.93. The summed E-state index contributed by atoms with van der Waals surface area (Å²) in [6.07, 6.45) is 5.07. The summed E-state index contributed by atoms with van der Waals surface area (Å²) in [4.78, 5) is 8.14. The van der Waals surface area contributed by atoms with Gasteiger partial charge in [0.05, 0.1) is 0 Å². The van der Waals surface area contributed by atoms with E-state index in [9.17, 15) is 0 Å². The molecule has 0 bridgehead atoms. The summed E-state index contributed by atoms with van der Waals surface area (Å²) in [6, 6.07) is 0.